The molecule has 1 amide bonds. The Bertz CT molecular complexity index is 1780. The van der Waals surface area contributed by atoms with Gasteiger partial charge >= 0.3 is 6.18 Å². The number of carbonyl (C=O) groups is 1. The third kappa shape index (κ3) is 6.72. The van der Waals surface area contributed by atoms with Crippen molar-refractivity contribution in [2.24, 2.45) is 0 Å². The van der Waals surface area contributed by atoms with E-state index in [1.807, 2.05) is 36.4 Å². The van der Waals surface area contributed by atoms with Crippen LogP contribution in [0.2, 0.25) is 0 Å². The molecule has 0 spiro atoms. The molecule has 0 radical (unpaired) electrons. The molecule has 214 valence electrons. The molecule has 10 heteroatoms. The fourth-order valence-corrected chi connectivity index (χ4v) is 4.21. The van der Waals surface area contributed by atoms with Gasteiger partial charge in [0.1, 0.15) is 28.6 Å². The second-order valence-corrected chi connectivity index (χ2v) is 9.45. The Kier molecular flexibility index (Phi) is 7.88. The molecule has 5 aromatic rings. The van der Waals surface area contributed by atoms with Gasteiger partial charge in [0.05, 0.1) is 5.39 Å². The van der Waals surface area contributed by atoms with Crippen LogP contribution in [0.25, 0.3) is 11.0 Å². The van der Waals surface area contributed by atoms with E-state index in [0.717, 1.165) is 17.2 Å². The van der Waals surface area contributed by atoms with Gasteiger partial charge in [-0.15, -0.1) is 0 Å². The normalized spacial score (nSPS) is 11.3. The number of ether oxygens (including phenoxy) is 3. The first-order chi connectivity index (χ1) is 20.0. The summed E-state index contributed by atoms with van der Waals surface area (Å²) in [4.78, 5) is 25.5. The van der Waals surface area contributed by atoms with E-state index < -0.39 is 35.6 Å². The van der Waals surface area contributed by atoms with Gasteiger partial charge in [0.25, 0.3) is 11.7 Å². The molecule has 0 aliphatic carbocycles. The molecule has 0 fully saturated rings. The van der Waals surface area contributed by atoms with Crippen molar-refractivity contribution in [3.63, 3.8) is 0 Å². The van der Waals surface area contributed by atoms with Crippen molar-refractivity contribution in [1.29, 1.82) is 0 Å². The van der Waals surface area contributed by atoms with Crippen molar-refractivity contribution in [2.75, 3.05) is 11.9 Å². The van der Waals surface area contributed by atoms with Crippen LogP contribution in [0.3, 0.4) is 0 Å². The number of benzene rings is 4. The molecule has 1 N–H and O–H groups in total. The number of amides is 1. The minimum absolute atomic E-state index is 0.0310. The zero-order valence-electron chi connectivity index (χ0n) is 22.5. The summed E-state index contributed by atoms with van der Waals surface area (Å²) < 4.78 is 63.4. The molecule has 0 atom stereocenters. The molecule has 1 heterocycles. The smallest absolute Gasteiger partial charge is 0.453 e. The van der Waals surface area contributed by atoms with Gasteiger partial charge < -0.3 is 23.9 Å². The second kappa shape index (κ2) is 11.7. The zero-order chi connectivity index (χ0) is 29.9. The molecule has 42 heavy (non-hydrogen) atoms. The van der Waals surface area contributed by atoms with E-state index in [2.05, 4.69) is 5.32 Å². The van der Waals surface area contributed by atoms with Gasteiger partial charge in [0.2, 0.25) is 11.2 Å². The molecule has 0 unspecified atom stereocenters. The molecule has 7 nitrogen and oxygen atoms in total. The third-order valence-corrected chi connectivity index (χ3v) is 5.98. The Labute approximate surface area is 238 Å². The third-order valence-electron chi connectivity index (χ3n) is 5.98. The van der Waals surface area contributed by atoms with Gasteiger partial charge in [0.15, 0.2) is 6.61 Å². The van der Waals surface area contributed by atoms with Gasteiger partial charge in [-0.25, -0.2) is 0 Å². The number of nitrogens with one attached hydrogen (secondary N) is 1. The number of halogens is 3. The van der Waals surface area contributed by atoms with E-state index in [9.17, 15) is 22.8 Å². The first kappa shape index (κ1) is 28.3. The molecule has 0 aliphatic heterocycles. The molecule has 1 aromatic heterocycles. The van der Waals surface area contributed by atoms with E-state index in [0.29, 0.717) is 17.2 Å². The first-order valence-electron chi connectivity index (χ1n) is 12.7. The Morgan fingerprint density at radius 1 is 0.786 bits per heavy atom. The highest BCUT2D eigenvalue weighted by Crippen LogP contribution is 2.39. The van der Waals surface area contributed by atoms with E-state index in [1.54, 1.807) is 38.1 Å². The summed E-state index contributed by atoms with van der Waals surface area (Å²) in [6.07, 6.45) is -5.01. The van der Waals surface area contributed by atoms with E-state index >= 15 is 0 Å². The van der Waals surface area contributed by atoms with E-state index in [4.69, 9.17) is 18.6 Å². The molecule has 4 aromatic carbocycles. The number of para-hydroxylation sites is 1. The van der Waals surface area contributed by atoms with Crippen molar-refractivity contribution in [3.8, 4) is 28.7 Å². The van der Waals surface area contributed by atoms with Crippen LogP contribution in [0.5, 0.6) is 28.7 Å². The lowest BCUT2D eigenvalue weighted by molar-refractivity contribution is -0.154. The number of alkyl halides is 3. The molecule has 5 rings (SSSR count). The lowest BCUT2D eigenvalue weighted by atomic mass is 10.1. The van der Waals surface area contributed by atoms with Crippen LogP contribution >= 0.6 is 0 Å². The maximum absolute atomic E-state index is 13.9. The first-order valence-corrected chi connectivity index (χ1v) is 12.7. The Balaban J connectivity index is 1.30. The molecule has 0 bridgehead atoms. The predicted octanol–water partition coefficient (Wildman–Crippen LogP) is 8.03. The van der Waals surface area contributed by atoms with Crippen molar-refractivity contribution in [2.45, 2.75) is 20.0 Å². The summed E-state index contributed by atoms with van der Waals surface area (Å²) in [5.41, 5.74) is 0.630. The Morgan fingerprint density at radius 3 is 2.10 bits per heavy atom. The van der Waals surface area contributed by atoms with Crippen LogP contribution < -0.4 is 25.0 Å². The van der Waals surface area contributed by atoms with E-state index in [1.165, 1.54) is 24.3 Å². The number of hydrogen-bond donors (Lipinski definition) is 1. The van der Waals surface area contributed by atoms with Crippen molar-refractivity contribution >= 4 is 22.6 Å². The molecule has 0 aliphatic rings. The monoisotopic (exact) mass is 575 g/mol. The maximum Gasteiger partial charge on any atom is 0.453 e. The average molecular weight is 576 g/mol. The van der Waals surface area contributed by atoms with Crippen molar-refractivity contribution < 1.29 is 36.6 Å². The quantitative estimate of drug-likeness (QED) is 0.202. The van der Waals surface area contributed by atoms with Gasteiger partial charge in [-0.05, 0) is 85.6 Å². The standard InChI is InChI=1S/C32H24F3NO6/c1-19-14-20(2)16-25(15-19)41-30-29(38)26-13-12-24(17-27(26)42-31(30)32(33,34)35)39-18-28(37)36-21-8-10-23(11-9-21)40-22-6-4-3-5-7-22/h3-17H,18H2,1-2H3,(H,36,37). The van der Waals surface area contributed by atoms with Crippen molar-refractivity contribution in [3.05, 3.63) is 118 Å². The average Bonchev–Trinajstić information content (AvgIpc) is 2.94. The number of fused-ring (bicyclic) bond motifs is 1. The molecule has 0 saturated carbocycles. The van der Waals surface area contributed by atoms with Crippen LogP contribution in [0.4, 0.5) is 18.9 Å². The molecular weight excluding hydrogens is 551 g/mol. The number of carbonyl (C=O) groups excluding carboxylic acids is 1. The fourth-order valence-electron chi connectivity index (χ4n) is 4.21. The van der Waals surface area contributed by atoms with Crippen LogP contribution in [-0.2, 0) is 11.0 Å². The van der Waals surface area contributed by atoms with Gasteiger partial charge in [-0.2, -0.15) is 13.2 Å². The number of rotatable bonds is 8. The second-order valence-electron chi connectivity index (χ2n) is 9.45. The highest BCUT2D eigenvalue weighted by atomic mass is 19.4. The number of aryl methyl sites for hydroxylation is 2. The highest BCUT2D eigenvalue weighted by molar-refractivity contribution is 5.92. The summed E-state index contributed by atoms with van der Waals surface area (Å²) in [6, 6.07) is 24.5. The van der Waals surface area contributed by atoms with Crippen LogP contribution in [0.15, 0.2) is 100 Å². The predicted molar refractivity (Wildman–Crippen MR) is 151 cm³/mol. The lowest BCUT2D eigenvalue weighted by Crippen LogP contribution is -2.20. The minimum atomic E-state index is -5.01. The summed E-state index contributed by atoms with van der Waals surface area (Å²) in [5, 5.41) is 2.52. The van der Waals surface area contributed by atoms with E-state index in [-0.39, 0.29) is 22.5 Å². The largest absolute Gasteiger partial charge is 0.484 e. The van der Waals surface area contributed by atoms with Crippen LogP contribution in [0, 0.1) is 13.8 Å². The van der Waals surface area contributed by atoms with Gasteiger partial charge in [-0.3, -0.25) is 9.59 Å². The maximum atomic E-state index is 13.9. The van der Waals surface area contributed by atoms with Gasteiger partial charge in [-0.1, -0.05) is 24.3 Å². The lowest BCUT2D eigenvalue weighted by Gasteiger charge is -2.14. The Hall–Kier alpha value is -5.25. The van der Waals surface area contributed by atoms with Crippen LogP contribution in [-0.4, -0.2) is 12.5 Å². The molecular formula is C32H24F3NO6. The summed E-state index contributed by atoms with van der Waals surface area (Å²) in [6.45, 7) is 3.07. The summed E-state index contributed by atoms with van der Waals surface area (Å²) >= 11 is 0. The summed E-state index contributed by atoms with van der Waals surface area (Å²) in [5.74, 6) is -1.70. The zero-order valence-corrected chi connectivity index (χ0v) is 22.5. The van der Waals surface area contributed by atoms with Crippen LogP contribution in [0.1, 0.15) is 16.9 Å². The number of hydrogen-bond acceptors (Lipinski definition) is 6. The number of anilines is 1. The van der Waals surface area contributed by atoms with Crippen molar-refractivity contribution in [1.82, 2.24) is 0 Å². The SMILES string of the molecule is Cc1cc(C)cc(Oc2c(C(F)(F)F)oc3cc(OCC(=O)Nc4ccc(Oc5ccccc5)cc4)ccc3c2=O)c1. The highest BCUT2D eigenvalue weighted by Gasteiger charge is 2.40. The topological polar surface area (TPSA) is 87.0 Å². The summed E-state index contributed by atoms with van der Waals surface area (Å²) in [7, 11) is 0. The van der Waals surface area contributed by atoms with Gasteiger partial charge in [0, 0.05) is 11.8 Å². The fraction of sp³-hybridized carbons (Fsp3) is 0.125. The minimum Gasteiger partial charge on any atom is -0.484 e. The molecule has 0 saturated heterocycles. The Morgan fingerprint density at radius 2 is 1.43 bits per heavy atom.